The molecule has 0 bridgehead atoms. The van der Waals surface area contributed by atoms with E-state index in [1.807, 2.05) is 48.5 Å². The van der Waals surface area contributed by atoms with Gasteiger partial charge in [-0.25, -0.2) is 4.79 Å². The maximum Gasteiger partial charge on any atom is 0.338 e. The highest BCUT2D eigenvalue weighted by atomic mass is 16.5. The van der Waals surface area contributed by atoms with Crippen LogP contribution in [0.15, 0.2) is 66.7 Å². The Kier molecular flexibility index (Phi) is 7.00. The highest BCUT2D eigenvalue weighted by Gasteiger charge is 2.19. The largest absolute Gasteiger partial charge is 0.465 e. The number of hydrogen-bond donors (Lipinski definition) is 0. The molecule has 0 aliphatic heterocycles. The minimum absolute atomic E-state index is 0.272. The van der Waals surface area contributed by atoms with Crippen LogP contribution in [-0.2, 0) is 22.5 Å². The molecule has 1 aromatic rings. The second-order valence-electron chi connectivity index (χ2n) is 6.66. The first kappa shape index (κ1) is 19.1. The van der Waals surface area contributed by atoms with E-state index in [-0.39, 0.29) is 5.97 Å². The lowest BCUT2D eigenvalue weighted by atomic mass is 10.0. The third-order valence-electron chi connectivity index (χ3n) is 4.74. The Morgan fingerprint density at radius 3 is 2.30 bits per heavy atom. The summed E-state index contributed by atoms with van der Waals surface area (Å²) in [4.78, 5) is 12.1. The van der Waals surface area contributed by atoms with Gasteiger partial charge in [0.2, 0.25) is 0 Å². The van der Waals surface area contributed by atoms with Gasteiger partial charge in [0.1, 0.15) is 0 Å². The van der Waals surface area contributed by atoms with Gasteiger partial charge in [0.15, 0.2) is 0 Å². The molecule has 3 nitrogen and oxygen atoms in total. The standard InChI is InChI=1S/C24H26O3/c1-26-24(25)23-17-20(21-14-8-3-9-15-22(21)23)13-7-4-10-16-27-18-19-11-5-2-6-12-19/h2-3,5-6,8-9,11-12,14-15,17H,4,7,10,13,16,18H2,1H3. The average molecular weight is 362 g/mol. The van der Waals surface area contributed by atoms with Crippen molar-refractivity contribution in [3.8, 4) is 11.1 Å². The molecule has 0 saturated carbocycles. The summed E-state index contributed by atoms with van der Waals surface area (Å²) in [6, 6.07) is 22.3. The summed E-state index contributed by atoms with van der Waals surface area (Å²) >= 11 is 0. The summed E-state index contributed by atoms with van der Waals surface area (Å²) in [5.74, 6) is -0.272. The van der Waals surface area contributed by atoms with E-state index >= 15 is 0 Å². The van der Waals surface area contributed by atoms with Crippen LogP contribution in [0.5, 0.6) is 0 Å². The number of esters is 1. The third-order valence-corrected chi connectivity index (χ3v) is 4.74. The van der Waals surface area contributed by atoms with Crippen molar-refractivity contribution in [2.75, 3.05) is 13.7 Å². The Morgan fingerprint density at radius 1 is 0.852 bits per heavy atom. The van der Waals surface area contributed by atoms with Gasteiger partial charge in [-0.3, -0.25) is 0 Å². The van der Waals surface area contributed by atoms with Crippen LogP contribution in [0.4, 0.5) is 0 Å². The van der Waals surface area contributed by atoms with E-state index in [2.05, 4.69) is 18.2 Å². The normalized spacial score (nSPS) is 10.9. The van der Waals surface area contributed by atoms with Gasteiger partial charge in [-0.1, -0.05) is 67.1 Å². The second kappa shape index (κ2) is 9.89. The number of unbranched alkanes of at least 4 members (excludes halogenated alkanes) is 2. The monoisotopic (exact) mass is 362 g/mol. The van der Waals surface area contributed by atoms with Crippen molar-refractivity contribution in [2.24, 2.45) is 0 Å². The van der Waals surface area contributed by atoms with Crippen LogP contribution in [0.2, 0.25) is 0 Å². The highest BCUT2D eigenvalue weighted by molar-refractivity contribution is 6.00. The van der Waals surface area contributed by atoms with Crippen molar-refractivity contribution in [2.45, 2.75) is 32.3 Å². The average Bonchev–Trinajstić information content (AvgIpc) is 2.88. The summed E-state index contributed by atoms with van der Waals surface area (Å²) in [6.45, 7) is 1.45. The molecule has 0 N–H and O–H groups in total. The Balaban J connectivity index is 1.48. The summed E-state index contributed by atoms with van der Waals surface area (Å²) < 4.78 is 10.7. The molecule has 0 heterocycles. The molecule has 0 fully saturated rings. The second-order valence-corrected chi connectivity index (χ2v) is 6.66. The molecule has 27 heavy (non-hydrogen) atoms. The van der Waals surface area contributed by atoms with Crippen LogP contribution >= 0.6 is 0 Å². The lowest BCUT2D eigenvalue weighted by molar-refractivity contribution is 0.0602. The van der Waals surface area contributed by atoms with Gasteiger partial charge in [0, 0.05) is 6.61 Å². The van der Waals surface area contributed by atoms with E-state index < -0.39 is 0 Å². The van der Waals surface area contributed by atoms with Crippen molar-refractivity contribution in [3.05, 3.63) is 83.4 Å². The van der Waals surface area contributed by atoms with Crippen molar-refractivity contribution in [1.29, 1.82) is 0 Å². The number of benzene rings is 1. The minimum Gasteiger partial charge on any atom is -0.465 e. The maximum atomic E-state index is 12.1. The fourth-order valence-corrected chi connectivity index (χ4v) is 3.34. The van der Waals surface area contributed by atoms with Crippen molar-refractivity contribution < 1.29 is 14.3 Å². The van der Waals surface area contributed by atoms with Crippen LogP contribution in [0.1, 0.15) is 40.7 Å². The maximum absolute atomic E-state index is 12.1. The summed E-state index contributed by atoms with van der Waals surface area (Å²) in [5.41, 5.74) is 5.19. The molecule has 3 heteroatoms. The van der Waals surface area contributed by atoms with Crippen LogP contribution in [0.25, 0.3) is 11.1 Å². The molecule has 2 aliphatic carbocycles. The highest BCUT2D eigenvalue weighted by Crippen LogP contribution is 2.33. The number of fused-ring (bicyclic) bond motifs is 1. The number of carbonyl (C=O) groups is 1. The van der Waals surface area contributed by atoms with Gasteiger partial charge in [-0.05, 0) is 47.6 Å². The molecular formula is C24H26O3. The lowest BCUT2D eigenvalue weighted by Crippen LogP contribution is -2.00. The van der Waals surface area contributed by atoms with Crippen molar-refractivity contribution in [3.63, 3.8) is 0 Å². The summed E-state index contributed by atoms with van der Waals surface area (Å²) in [6.07, 6.45) is 4.18. The van der Waals surface area contributed by atoms with E-state index in [9.17, 15) is 4.79 Å². The first-order chi connectivity index (χ1) is 13.3. The Morgan fingerprint density at radius 2 is 1.56 bits per heavy atom. The SMILES string of the molecule is COC(=O)c1cc(CCCCCOCc2ccccc2)c2cccccc1-2. The van der Waals surface area contributed by atoms with Gasteiger partial charge < -0.3 is 9.47 Å². The van der Waals surface area contributed by atoms with Gasteiger partial charge in [0.25, 0.3) is 0 Å². The van der Waals surface area contributed by atoms with E-state index in [0.717, 1.165) is 43.4 Å². The molecule has 0 amide bonds. The molecule has 0 radical (unpaired) electrons. The predicted molar refractivity (Wildman–Crippen MR) is 108 cm³/mol. The van der Waals surface area contributed by atoms with E-state index in [1.165, 1.54) is 18.2 Å². The van der Waals surface area contributed by atoms with E-state index in [0.29, 0.717) is 12.2 Å². The number of aryl methyl sites for hydroxylation is 1. The number of ether oxygens (including phenoxy) is 2. The molecule has 3 rings (SSSR count). The Labute approximate surface area is 161 Å². The number of methoxy groups -OCH3 is 1. The fraction of sp³-hybridized carbons (Fsp3) is 0.292. The molecule has 140 valence electrons. The number of hydrogen-bond acceptors (Lipinski definition) is 3. The minimum atomic E-state index is -0.272. The zero-order valence-corrected chi connectivity index (χ0v) is 15.8. The molecule has 0 unspecified atom stereocenters. The predicted octanol–water partition coefficient (Wildman–Crippen LogP) is 5.51. The Hall–Kier alpha value is -2.65. The van der Waals surface area contributed by atoms with Gasteiger partial charge >= 0.3 is 5.97 Å². The smallest absolute Gasteiger partial charge is 0.338 e. The molecule has 0 spiro atoms. The molecule has 0 atom stereocenters. The topological polar surface area (TPSA) is 35.5 Å². The van der Waals surface area contributed by atoms with Gasteiger partial charge in [0.05, 0.1) is 19.3 Å². The first-order valence-electron chi connectivity index (χ1n) is 9.50. The Bertz CT molecular complexity index is 826. The lowest BCUT2D eigenvalue weighted by Gasteiger charge is -2.05. The van der Waals surface area contributed by atoms with Crippen LogP contribution in [-0.4, -0.2) is 19.7 Å². The summed E-state index contributed by atoms with van der Waals surface area (Å²) in [7, 11) is 1.43. The molecule has 0 aromatic heterocycles. The van der Waals surface area contributed by atoms with Gasteiger partial charge in [-0.2, -0.15) is 0 Å². The zero-order valence-electron chi connectivity index (χ0n) is 15.8. The van der Waals surface area contributed by atoms with Crippen molar-refractivity contribution in [1.82, 2.24) is 0 Å². The van der Waals surface area contributed by atoms with Crippen LogP contribution in [0, 0.1) is 0 Å². The van der Waals surface area contributed by atoms with Crippen molar-refractivity contribution >= 4 is 5.97 Å². The van der Waals surface area contributed by atoms with E-state index in [1.54, 1.807) is 0 Å². The number of carbonyl (C=O) groups excluding carboxylic acids is 1. The van der Waals surface area contributed by atoms with Crippen LogP contribution < -0.4 is 0 Å². The third kappa shape index (κ3) is 5.18. The zero-order chi connectivity index (χ0) is 18.9. The molecule has 2 aliphatic rings. The molecule has 1 aromatic carbocycles. The first-order valence-corrected chi connectivity index (χ1v) is 9.50. The van der Waals surface area contributed by atoms with Crippen LogP contribution in [0.3, 0.4) is 0 Å². The van der Waals surface area contributed by atoms with Gasteiger partial charge in [-0.15, -0.1) is 0 Å². The van der Waals surface area contributed by atoms with E-state index in [4.69, 9.17) is 9.47 Å². The number of rotatable bonds is 9. The summed E-state index contributed by atoms with van der Waals surface area (Å²) in [5, 5.41) is 0. The molecular weight excluding hydrogens is 336 g/mol. The fourth-order valence-electron chi connectivity index (χ4n) is 3.34. The quantitative estimate of drug-likeness (QED) is 0.372. The molecule has 0 saturated heterocycles.